The Bertz CT molecular complexity index is 603. The largest absolute Gasteiger partial charge is 0.311 e. The molecule has 0 radical (unpaired) electrons. The highest BCUT2D eigenvalue weighted by atomic mass is 19.1. The standard InChI is InChI=1S/C21H27FN2/c1-17(15-18-7-9-20(22)10-8-18)23-21-11-13-24(14-12-21)16-19-5-3-2-4-6-19/h2-10,17,21,23H,11-16H2,1H3/t17-/m1/s1. The maximum atomic E-state index is 13.0. The number of benzene rings is 2. The number of hydrogen-bond donors (Lipinski definition) is 1. The zero-order chi connectivity index (χ0) is 16.8. The van der Waals surface area contributed by atoms with E-state index in [1.165, 1.54) is 24.0 Å². The van der Waals surface area contributed by atoms with Gasteiger partial charge in [-0.25, -0.2) is 4.39 Å². The molecule has 3 heteroatoms. The van der Waals surface area contributed by atoms with Crippen LogP contribution < -0.4 is 5.32 Å². The molecule has 1 atom stereocenters. The predicted octanol–water partition coefficient (Wildman–Crippen LogP) is 4.01. The van der Waals surface area contributed by atoms with E-state index >= 15 is 0 Å². The molecule has 1 fully saturated rings. The van der Waals surface area contributed by atoms with Crippen LogP contribution in [0.25, 0.3) is 0 Å². The van der Waals surface area contributed by atoms with Crippen molar-refractivity contribution in [3.05, 3.63) is 71.5 Å². The summed E-state index contributed by atoms with van der Waals surface area (Å²) in [5.41, 5.74) is 2.59. The minimum Gasteiger partial charge on any atom is -0.311 e. The van der Waals surface area contributed by atoms with Crippen molar-refractivity contribution in [3.63, 3.8) is 0 Å². The molecule has 24 heavy (non-hydrogen) atoms. The van der Waals surface area contributed by atoms with Gasteiger partial charge in [0.1, 0.15) is 5.82 Å². The molecular weight excluding hydrogens is 299 g/mol. The molecule has 0 unspecified atom stereocenters. The summed E-state index contributed by atoms with van der Waals surface area (Å²) in [6, 6.07) is 18.6. The molecular formula is C21H27FN2. The summed E-state index contributed by atoms with van der Waals surface area (Å²) >= 11 is 0. The number of nitrogens with zero attached hydrogens (tertiary/aromatic N) is 1. The fourth-order valence-corrected chi connectivity index (χ4v) is 3.53. The molecule has 0 aliphatic carbocycles. The van der Waals surface area contributed by atoms with Crippen LogP contribution in [0.15, 0.2) is 54.6 Å². The number of piperidine rings is 1. The second kappa shape index (κ2) is 8.41. The average Bonchev–Trinajstić information content (AvgIpc) is 2.60. The van der Waals surface area contributed by atoms with Crippen LogP contribution in [0, 0.1) is 5.82 Å². The van der Waals surface area contributed by atoms with Crippen molar-refractivity contribution in [2.75, 3.05) is 13.1 Å². The van der Waals surface area contributed by atoms with Crippen LogP contribution in [-0.2, 0) is 13.0 Å². The van der Waals surface area contributed by atoms with Crippen molar-refractivity contribution in [2.45, 2.75) is 44.8 Å². The lowest BCUT2D eigenvalue weighted by Crippen LogP contribution is -2.45. The Morgan fingerprint density at radius 2 is 1.67 bits per heavy atom. The van der Waals surface area contributed by atoms with Crippen LogP contribution >= 0.6 is 0 Å². The summed E-state index contributed by atoms with van der Waals surface area (Å²) in [6.45, 7) is 5.57. The summed E-state index contributed by atoms with van der Waals surface area (Å²) in [4.78, 5) is 2.54. The molecule has 0 amide bonds. The van der Waals surface area contributed by atoms with Gasteiger partial charge in [-0.15, -0.1) is 0 Å². The van der Waals surface area contributed by atoms with E-state index in [1.54, 1.807) is 12.1 Å². The molecule has 128 valence electrons. The Kier molecular flexibility index (Phi) is 6.00. The van der Waals surface area contributed by atoms with Crippen LogP contribution in [0.4, 0.5) is 4.39 Å². The Hall–Kier alpha value is -1.71. The summed E-state index contributed by atoms with van der Waals surface area (Å²) in [7, 11) is 0. The van der Waals surface area contributed by atoms with Crippen molar-refractivity contribution in [3.8, 4) is 0 Å². The fourth-order valence-electron chi connectivity index (χ4n) is 3.53. The van der Waals surface area contributed by atoms with E-state index in [0.717, 1.165) is 26.1 Å². The van der Waals surface area contributed by atoms with Gasteiger partial charge in [-0.3, -0.25) is 4.90 Å². The van der Waals surface area contributed by atoms with E-state index in [2.05, 4.69) is 47.5 Å². The average molecular weight is 326 g/mol. The number of halogens is 1. The van der Waals surface area contributed by atoms with Gasteiger partial charge in [0.2, 0.25) is 0 Å². The first-order chi connectivity index (χ1) is 11.7. The lowest BCUT2D eigenvalue weighted by Gasteiger charge is -2.34. The summed E-state index contributed by atoms with van der Waals surface area (Å²) in [6.07, 6.45) is 3.34. The zero-order valence-corrected chi connectivity index (χ0v) is 14.4. The SMILES string of the molecule is C[C@H](Cc1ccc(F)cc1)NC1CCN(Cc2ccccc2)CC1. The highest BCUT2D eigenvalue weighted by Gasteiger charge is 2.20. The van der Waals surface area contributed by atoms with Gasteiger partial charge >= 0.3 is 0 Å². The molecule has 1 aliphatic rings. The second-order valence-corrected chi connectivity index (χ2v) is 6.93. The first-order valence-corrected chi connectivity index (χ1v) is 8.96. The molecule has 3 rings (SSSR count). The van der Waals surface area contributed by atoms with E-state index in [-0.39, 0.29) is 5.82 Å². The van der Waals surface area contributed by atoms with Crippen LogP contribution in [0.5, 0.6) is 0 Å². The molecule has 0 bridgehead atoms. The Labute approximate surface area is 144 Å². The molecule has 1 aliphatic heterocycles. The van der Waals surface area contributed by atoms with Gasteiger partial charge in [0.05, 0.1) is 0 Å². The van der Waals surface area contributed by atoms with E-state index < -0.39 is 0 Å². The monoisotopic (exact) mass is 326 g/mol. The van der Waals surface area contributed by atoms with Gasteiger partial charge in [0.15, 0.2) is 0 Å². The minimum absolute atomic E-state index is 0.162. The minimum atomic E-state index is -0.162. The number of nitrogens with one attached hydrogen (secondary N) is 1. The molecule has 1 saturated heterocycles. The third kappa shape index (κ3) is 5.15. The van der Waals surface area contributed by atoms with Gasteiger partial charge in [-0.2, -0.15) is 0 Å². The van der Waals surface area contributed by atoms with E-state index in [9.17, 15) is 4.39 Å². The van der Waals surface area contributed by atoms with Crippen molar-refractivity contribution in [2.24, 2.45) is 0 Å². The first-order valence-electron chi connectivity index (χ1n) is 8.96. The lowest BCUT2D eigenvalue weighted by atomic mass is 10.0. The molecule has 0 saturated carbocycles. The molecule has 2 nitrogen and oxygen atoms in total. The van der Waals surface area contributed by atoms with Gasteiger partial charge in [-0.1, -0.05) is 42.5 Å². The van der Waals surface area contributed by atoms with Crippen LogP contribution in [0.2, 0.25) is 0 Å². The Balaban J connectivity index is 1.41. The maximum absolute atomic E-state index is 13.0. The summed E-state index contributed by atoms with van der Waals surface area (Å²) < 4.78 is 13.0. The molecule has 1 N–H and O–H groups in total. The fraction of sp³-hybridized carbons (Fsp3) is 0.429. The normalized spacial score (nSPS) is 17.8. The van der Waals surface area contributed by atoms with E-state index in [4.69, 9.17) is 0 Å². The number of rotatable bonds is 6. The quantitative estimate of drug-likeness (QED) is 0.863. The predicted molar refractivity (Wildman–Crippen MR) is 97.4 cm³/mol. The van der Waals surface area contributed by atoms with E-state index in [1.807, 2.05) is 12.1 Å². The second-order valence-electron chi connectivity index (χ2n) is 6.93. The third-order valence-corrected chi connectivity index (χ3v) is 4.81. The molecule has 0 aromatic heterocycles. The molecule has 2 aromatic carbocycles. The first kappa shape index (κ1) is 17.1. The van der Waals surface area contributed by atoms with Gasteiger partial charge in [0.25, 0.3) is 0 Å². The van der Waals surface area contributed by atoms with Crippen molar-refractivity contribution in [1.29, 1.82) is 0 Å². The van der Waals surface area contributed by atoms with Gasteiger partial charge in [-0.05, 0) is 62.5 Å². The van der Waals surface area contributed by atoms with Gasteiger partial charge < -0.3 is 5.32 Å². The Morgan fingerprint density at radius 1 is 1.00 bits per heavy atom. The smallest absolute Gasteiger partial charge is 0.123 e. The zero-order valence-electron chi connectivity index (χ0n) is 14.4. The van der Waals surface area contributed by atoms with Crippen molar-refractivity contribution >= 4 is 0 Å². The maximum Gasteiger partial charge on any atom is 0.123 e. The molecule has 2 aromatic rings. The van der Waals surface area contributed by atoms with Crippen LogP contribution in [0.3, 0.4) is 0 Å². The summed E-state index contributed by atoms with van der Waals surface area (Å²) in [5.74, 6) is -0.162. The summed E-state index contributed by atoms with van der Waals surface area (Å²) in [5, 5.41) is 3.75. The highest BCUT2D eigenvalue weighted by Crippen LogP contribution is 2.15. The lowest BCUT2D eigenvalue weighted by molar-refractivity contribution is 0.185. The third-order valence-electron chi connectivity index (χ3n) is 4.81. The van der Waals surface area contributed by atoms with E-state index in [0.29, 0.717) is 12.1 Å². The van der Waals surface area contributed by atoms with Crippen LogP contribution in [-0.4, -0.2) is 30.1 Å². The van der Waals surface area contributed by atoms with Gasteiger partial charge in [0, 0.05) is 18.6 Å². The van der Waals surface area contributed by atoms with Crippen molar-refractivity contribution < 1.29 is 4.39 Å². The Morgan fingerprint density at radius 3 is 2.33 bits per heavy atom. The molecule has 0 spiro atoms. The number of hydrogen-bond acceptors (Lipinski definition) is 2. The van der Waals surface area contributed by atoms with Crippen LogP contribution in [0.1, 0.15) is 30.9 Å². The van der Waals surface area contributed by atoms with Crippen molar-refractivity contribution in [1.82, 2.24) is 10.2 Å². The molecule has 1 heterocycles. The topological polar surface area (TPSA) is 15.3 Å². The number of likely N-dealkylation sites (tertiary alicyclic amines) is 1. The highest BCUT2D eigenvalue weighted by molar-refractivity contribution is 5.17.